The third-order valence-electron chi connectivity index (χ3n) is 2.96. The van der Waals surface area contributed by atoms with Crippen molar-refractivity contribution in [2.24, 2.45) is 0 Å². The van der Waals surface area contributed by atoms with Crippen molar-refractivity contribution >= 4 is 11.6 Å². The normalized spacial score (nSPS) is 14.6. The number of phenolic OH excluding ortho intramolecular Hbond substituents is 1. The lowest BCUT2D eigenvalue weighted by Gasteiger charge is -2.17. The van der Waals surface area contributed by atoms with Crippen molar-refractivity contribution in [1.29, 1.82) is 0 Å². The van der Waals surface area contributed by atoms with Crippen LogP contribution < -0.4 is 10.2 Å². The maximum atomic E-state index is 11.9. The second-order valence-corrected chi connectivity index (χ2v) is 4.45. The summed E-state index contributed by atoms with van der Waals surface area (Å²) in [7, 11) is 1.76. The monoisotopic (exact) mass is 234 g/mol. The van der Waals surface area contributed by atoms with E-state index in [2.05, 4.69) is 5.32 Å². The van der Waals surface area contributed by atoms with E-state index < -0.39 is 0 Å². The summed E-state index contributed by atoms with van der Waals surface area (Å²) in [5.74, 6) is 0.300. The van der Waals surface area contributed by atoms with Crippen molar-refractivity contribution < 1.29 is 9.90 Å². The van der Waals surface area contributed by atoms with Crippen molar-refractivity contribution in [3.63, 3.8) is 0 Å². The van der Waals surface area contributed by atoms with Crippen LogP contribution in [0.4, 0.5) is 5.69 Å². The number of carbonyl (C=O) groups excluding carboxylic acids is 1. The molecule has 0 radical (unpaired) electrons. The Labute approximate surface area is 101 Å². The molecule has 1 aliphatic rings. The van der Waals surface area contributed by atoms with Crippen LogP contribution in [0, 0.1) is 0 Å². The lowest BCUT2D eigenvalue weighted by molar-refractivity contribution is -0.118. The Bertz CT molecular complexity index is 385. The average molecular weight is 234 g/mol. The minimum Gasteiger partial charge on any atom is -0.508 e. The van der Waals surface area contributed by atoms with Gasteiger partial charge >= 0.3 is 0 Å². The van der Waals surface area contributed by atoms with Gasteiger partial charge < -0.3 is 15.3 Å². The van der Waals surface area contributed by atoms with Crippen LogP contribution in [0.1, 0.15) is 19.3 Å². The van der Waals surface area contributed by atoms with E-state index in [4.69, 9.17) is 0 Å². The molecule has 1 saturated carbocycles. The molecular weight excluding hydrogens is 216 g/mol. The molecule has 17 heavy (non-hydrogen) atoms. The number of carbonyl (C=O) groups is 1. The van der Waals surface area contributed by atoms with Crippen molar-refractivity contribution in [2.75, 3.05) is 18.5 Å². The molecule has 0 aliphatic heterocycles. The zero-order chi connectivity index (χ0) is 12.3. The van der Waals surface area contributed by atoms with Crippen LogP contribution >= 0.6 is 0 Å². The molecule has 2 N–H and O–H groups in total. The molecule has 1 aromatic rings. The largest absolute Gasteiger partial charge is 0.508 e. The van der Waals surface area contributed by atoms with Crippen molar-refractivity contribution in [2.45, 2.75) is 25.3 Å². The molecule has 0 heterocycles. The minimum atomic E-state index is 0.0869. The van der Waals surface area contributed by atoms with Gasteiger partial charge in [-0.1, -0.05) is 0 Å². The first kappa shape index (κ1) is 11.9. The Balaban J connectivity index is 1.82. The van der Waals surface area contributed by atoms with Crippen molar-refractivity contribution in [3.8, 4) is 5.75 Å². The number of phenols is 1. The van der Waals surface area contributed by atoms with E-state index >= 15 is 0 Å². The number of benzene rings is 1. The SMILES string of the molecule is CN(C(=O)CCNC1CC1)c1ccc(O)cc1. The van der Waals surface area contributed by atoms with Gasteiger partial charge in [-0.3, -0.25) is 4.79 Å². The predicted molar refractivity (Wildman–Crippen MR) is 67.2 cm³/mol. The first-order chi connectivity index (χ1) is 8.16. The molecule has 0 atom stereocenters. The summed E-state index contributed by atoms with van der Waals surface area (Å²) >= 11 is 0. The van der Waals surface area contributed by atoms with Gasteiger partial charge in [-0.2, -0.15) is 0 Å². The average Bonchev–Trinajstić information content (AvgIpc) is 3.13. The highest BCUT2D eigenvalue weighted by Crippen LogP contribution is 2.19. The Morgan fingerprint density at radius 1 is 1.41 bits per heavy atom. The van der Waals surface area contributed by atoms with E-state index in [1.54, 1.807) is 36.2 Å². The summed E-state index contributed by atoms with van der Waals surface area (Å²) in [6.07, 6.45) is 2.98. The number of amides is 1. The number of hydrogen-bond acceptors (Lipinski definition) is 3. The van der Waals surface area contributed by atoms with Gasteiger partial charge in [-0.15, -0.1) is 0 Å². The van der Waals surface area contributed by atoms with Gasteiger partial charge in [-0.25, -0.2) is 0 Å². The standard InChI is InChI=1S/C13H18N2O2/c1-15(11-4-6-12(16)7-5-11)13(17)8-9-14-10-2-3-10/h4-7,10,14,16H,2-3,8-9H2,1H3. The highest BCUT2D eigenvalue weighted by atomic mass is 16.3. The topological polar surface area (TPSA) is 52.6 Å². The summed E-state index contributed by atoms with van der Waals surface area (Å²) in [6, 6.07) is 7.29. The zero-order valence-corrected chi connectivity index (χ0v) is 10.0. The first-order valence-corrected chi connectivity index (χ1v) is 5.96. The van der Waals surface area contributed by atoms with E-state index in [1.165, 1.54) is 12.8 Å². The fraction of sp³-hybridized carbons (Fsp3) is 0.462. The predicted octanol–water partition coefficient (Wildman–Crippen LogP) is 1.50. The summed E-state index contributed by atoms with van der Waals surface area (Å²) in [4.78, 5) is 13.5. The number of hydrogen-bond donors (Lipinski definition) is 2. The van der Waals surface area contributed by atoms with Gasteiger partial charge in [0.15, 0.2) is 0 Å². The Morgan fingerprint density at radius 3 is 2.65 bits per heavy atom. The molecule has 0 spiro atoms. The van der Waals surface area contributed by atoms with Crippen LogP contribution in [0.5, 0.6) is 5.75 Å². The number of nitrogens with zero attached hydrogens (tertiary/aromatic N) is 1. The van der Waals surface area contributed by atoms with Crippen LogP contribution in [0.15, 0.2) is 24.3 Å². The molecule has 92 valence electrons. The smallest absolute Gasteiger partial charge is 0.227 e. The van der Waals surface area contributed by atoms with Crippen LogP contribution in [-0.4, -0.2) is 30.6 Å². The molecule has 0 bridgehead atoms. The zero-order valence-electron chi connectivity index (χ0n) is 10.0. The van der Waals surface area contributed by atoms with Crippen molar-refractivity contribution in [3.05, 3.63) is 24.3 Å². The quantitative estimate of drug-likeness (QED) is 0.811. The van der Waals surface area contributed by atoms with E-state index in [0.717, 1.165) is 12.2 Å². The molecule has 1 aliphatic carbocycles. The maximum absolute atomic E-state index is 11.9. The fourth-order valence-corrected chi connectivity index (χ4v) is 1.66. The Morgan fingerprint density at radius 2 is 2.06 bits per heavy atom. The summed E-state index contributed by atoms with van der Waals surface area (Å²) < 4.78 is 0. The minimum absolute atomic E-state index is 0.0869. The van der Waals surface area contributed by atoms with E-state index in [9.17, 15) is 9.90 Å². The number of anilines is 1. The lowest BCUT2D eigenvalue weighted by Crippen LogP contribution is -2.30. The Kier molecular flexibility index (Phi) is 3.64. The van der Waals surface area contributed by atoms with E-state index in [1.807, 2.05) is 0 Å². The van der Waals surface area contributed by atoms with E-state index in [0.29, 0.717) is 12.5 Å². The van der Waals surface area contributed by atoms with Gasteiger partial charge in [0.05, 0.1) is 0 Å². The van der Waals surface area contributed by atoms with Gasteiger partial charge in [0, 0.05) is 31.7 Å². The molecule has 1 fully saturated rings. The third-order valence-corrected chi connectivity index (χ3v) is 2.96. The molecule has 2 rings (SSSR count). The summed E-state index contributed by atoms with van der Waals surface area (Å²) in [5.41, 5.74) is 0.805. The van der Waals surface area contributed by atoms with Gasteiger partial charge in [0.25, 0.3) is 0 Å². The first-order valence-electron chi connectivity index (χ1n) is 5.96. The molecule has 4 heteroatoms. The van der Waals surface area contributed by atoms with Gasteiger partial charge in [-0.05, 0) is 37.1 Å². The number of aromatic hydroxyl groups is 1. The number of nitrogens with one attached hydrogen (secondary N) is 1. The highest BCUT2D eigenvalue weighted by molar-refractivity contribution is 5.92. The molecule has 1 amide bonds. The fourth-order valence-electron chi connectivity index (χ4n) is 1.66. The summed E-state index contributed by atoms with van der Waals surface area (Å²) in [5, 5.41) is 12.5. The summed E-state index contributed by atoms with van der Waals surface area (Å²) in [6.45, 7) is 0.742. The van der Waals surface area contributed by atoms with Crippen LogP contribution in [0.3, 0.4) is 0 Å². The Hall–Kier alpha value is -1.55. The van der Waals surface area contributed by atoms with Crippen molar-refractivity contribution in [1.82, 2.24) is 5.32 Å². The van der Waals surface area contributed by atoms with Crippen LogP contribution in [0.2, 0.25) is 0 Å². The van der Waals surface area contributed by atoms with Gasteiger partial charge in [0.2, 0.25) is 5.91 Å². The molecule has 0 aromatic heterocycles. The molecule has 1 aromatic carbocycles. The third kappa shape index (κ3) is 3.46. The van der Waals surface area contributed by atoms with E-state index in [-0.39, 0.29) is 11.7 Å². The molecule has 4 nitrogen and oxygen atoms in total. The molecular formula is C13H18N2O2. The van der Waals surface area contributed by atoms with Crippen LogP contribution in [0.25, 0.3) is 0 Å². The van der Waals surface area contributed by atoms with Crippen LogP contribution in [-0.2, 0) is 4.79 Å². The number of rotatable bonds is 5. The second kappa shape index (κ2) is 5.19. The highest BCUT2D eigenvalue weighted by Gasteiger charge is 2.20. The maximum Gasteiger partial charge on any atom is 0.227 e. The molecule has 0 saturated heterocycles. The molecule has 0 unspecified atom stereocenters. The second-order valence-electron chi connectivity index (χ2n) is 4.45. The lowest BCUT2D eigenvalue weighted by atomic mass is 10.2. The van der Waals surface area contributed by atoms with Gasteiger partial charge in [0.1, 0.15) is 5.75 Å².